The second-order valence-corrected chi connectivity index (χ2v) is 4.89. The van der Waals surface area contributed by atoms with Crippen LogP contribution < -0.4 is 17.0 Å². The van der Waals surface area contributed by atoms with Gasteiger partial charge in [0.05, 0.1) is 11.3 Å². The highest BCUT2D eigenvalue weighted by Gasteiger charge is 2.10. The van der Waals surface area contributed by atoms with Crippen molar-refractivity contribution >= 4 is 17.7 Å². The highest BCUT2D eigenvalue weighted by Crippen LogP contribution is 2.15. The van der Waals surface area contributed by atoms with E-state index in [1.54, 1.807) is 30.1 Å². The zero-order valence-corrected chi connectivity index (χ0v) is 10.7. The van der Waals surface area contributed by atoms with Crippen molar-refractivity contribution in [1.29, 1.82) is 0 Å². The first-order valence-corrected chi connectivity index (χ1v) is 6.58. The Kier molecular flexibility index (Phi) is 5.96. The Morgan fingerprint density at radius 3 is 3.06 bits per heavy atom. The van der Waals surface area contributed by atoms with Crippen LogP contribution in [0, 0.1) is 0 Å². The van der Waals surface area contributed by atoms with Gasteiger partial charge >= 0.3 is 0 Å². The van der Waals surface area contributed by atoms with E-state index >= 15 is 0 Å². The van der Waals surface area contributed by atoms with Crippen LogP contribution in [0.1, 0.15) is 29.4 Å². The summed E-state index contributed by atoms with van der Waals surface area (Å²) in [4.78, 5) is 15.7. The van der Waals surface area contributed by atoms with Crippen LogP contribution in [-0.4, -0.2) is 22.7 Å². The molecule has 1 atom stereocenters. The number of carbonyl (C=O) groups excluding carboxylic acids is 1. The van der Waals surface area contributed by atoms with E-state index in [0.717, 1.165) is 17.9 Å². The fourth-order valence-corrected chi connectivity index (χ4v) is 2.38. The minimum Gasteiger partial charge on any atom is -0.328 e. The smallest absolute Gasteiger partial charge is 0.267 e. The largest absolute Gasteiger partial charge is 0.328 e. The summed E-state index contributed by atoms with van der Waals surface area (Å²) in [7, 11) is 0. The molecule has 0 aliphatic rings. The lowest BCUT2D eigenvalue weighted by Gasteiger charge is -2.07. The number of carbonyl (C=O) groups is 1. The number of rotatable bonds is 6. The summed E-state index contributed by atoms with van der Waals surface area (Å²) in [6.45, 7) is 1.98. The fourth-order valence-electron chi connectivity index (χ4n) is 1.28. The predicted molar refractivity (Wildman–Crippen MR) is 70.3 cm³/mol. The van der Waals surface area contributed by atoms with E-state index in [0.29, 0.717) is 11.3 Å². The summed E-state index contributed by atoms with van der Waals surface area (Å²) in [6, 6.07) is 3.65. The lowest BCUT2D eigenvalue weighted by Crippen LogP contribution is -2.31. The molecule has 1 heterocycles. The molecule has 5 nitrogen and oxygen atoms in total. The Bertz CT molecular complexity index is 370. The normalized spacial score (nSPS) is 12.2. The SMILES string of the molecule is CC(N)CCSCc1ncccc1C(=O)NN. The molecule has 5 N–H and O–H groups in total. The van der Waals surface area contributed by atoms with E-state index in [2.05, 4.69) is 10.4 Å². The van der Waals surface area contributed by atoms with Crippen LogP contribution in [0.25, 0.3) is 0 Å². The van der Waals surface area contributed by atoms with E-state index in [-0.39, 0.29) is 11.9 Å². The molecule has 0 saturated heterocycles. The first-order chi connectivity index (χ1) is 8.15. The molecule has 0 saturated carbocycles. The number of nitrogen functional groups attached to an aromatic ring is 1. The van der Waals surface area contributed by atoms with Gasteiger partial charge < -0.3 is 5.73 Å². The van der Waals surface area contributed by atoms with Gasteiger partial charge in [-0.1, -0.05) is 0 Å². The lowest BCUT2D eigenvalue weighted by atomic mass is 10.2. The van der Waals surface area contributed by atoms with Crippen molar-refractivity contribution < 1.29 is 4.79 Å². The first kappa shape index (κ1) is 14.0. The topological polar surface area (TPSA) is 94.0 Å². The number of nitrogens with two attached hydrogens (primary N) is 2. The maximum absolute atomic E-state index is 11.5. The predicted octanol–water partition coefficient (Wildman–Crippen LogP) is 0.656. The monoisotopic (exact) mass is 254 g/mol. The van der Waals surface area contributed by atoms with Gasteiger partial charge in [0.15, 0.2) is 0 Å². The molecular formula is C11H18N4OS. The number of nitrogens with zero attached hydrogens (tertiary/aromatic N) is 1. The van der Waals surface area contributed by atoms with E-state index in [4.69, 9.17) is 11.6 Å². The second kappa shape index (κ2) is 7.26. The highest BCUT2D eigenvalue weighted by molar-refractivity contribution is 7.98. The van der Waals surface area contributed by atoms with Gasteiger partial charge in [-0.25, -0.2) is 5.84 Å². The Balaban J connectivity index is 2.55. The third-order valence-corrected chi connectivity index (χ3v) is 3.22. The lowest BCUT2D eigenvalue weighted by molar-refractivity contribution is 0.0952. The van der Waals surface area contributed by atoms with Gasteiger partial charge in [-0.15, -0.1) is 0 Å². The van der Waals surface area contributed by atoms with Crippen LogP contribution in [0.3, 0.4) is 0 Å². The third kappa shape index (κ3) is 4.72. The maximum Gasteiger partial charge on any atom is 0.267 e. The molecule has 0 radical (unpaired) electrons. The zero-order chi connectivity index (χ0) is 12.7. The molecule has 17 heavy (non-hydrogen) atoms. The molecule has 0 aliphatic carbocycles. The van der Waals surface area contributed by atoms with Crippen LogP contribution in [0.4, 0.5) is 0 Å². The molecule has 94 valence electrons. The van der Waals surface area contributed by atoms with E-state index in [1.165, 1.54) is 0 Å². The molecule has 0 aliphatic heterocycles. The molecule has 6 heteroatoms. The molecule has 1 aromatic rings. The highest BCUT2D eigenvalue weighted by atomic mass is 32.2. The van der Waals surface area contributed by atoms with E-state index in [1.807, 2.05) is 6.92 Å². The number of nitrogens with one attached hydrogen (secondary N) is 1. The molecule has 0 aromatic carbocycles. The van der Waals surface area contributed by atoms with Gasteiger partial charge in [0, 0.05) is 18.0 Å². The van der Waals surface area contributed by atoms with Crippen molar-refractivity contribution in [2.75, 3.05) is 5.75 Å². The van der Waals surface area contributed by atoms with Crippen molar-refractivity contribution in [1.82, 2.24) is 10.4 Å². The summed E-state index contributed by atoms with van der Waals surface area (Å²) < 4.78 is 0. The molecule has 1 unspecified atom stereocenters. The van der Waals surface area contributed by atoms with Crippen molar-refractivity contribution in [3.8, 4) is 0 Å². The Labute approximate surface area is 105 Å². The molecule has 1 amide bonds. The third-order valence-electron chi connectivity index (χ3n) is 2.22. The second-order valence-electron chi connectivity index (χ2n) is 3.79. The average molecular weight is 254 g/mol. The number of aromatic nitrogens is 1. The van der Waals surface area contributed by atoms with Crippen LogP contribution in [0.2, 0.25) is 0 Å². The van der Waals surface area contributed by atoms with Crippen molar-refractivity contribution in [2.45, 2.75) is 25.1 Å². The van der Waals surface area contributed by atoms with Gasteiger partial charge in [0.25, 0.3) is 5.91 Å². The number of hydrogen-bond acceptors (Lipinski definition) is 5. The zero-order valence-electron chi connectivity index (χ0n) is 9.85. The van der Waals surface area contributed by atoms with Crippen molar-refractivity contribution in [2.24, 2.45) is 11.6 Å². The van der Waals surface area contributed by atoms with Crippen LogP contribution in [-0.2, 0) is 5.75 Å². The van der Waals surface area contributed by atoms with Gasteiger partial charge in [0.1, 0.15) is 0 Å². The molecule has 0 spiro atoms. The average Bonchev–Trinajstić information content (AvgIpc) is 2.34. The number of thioether (sulfide) groups is 1. The van der Waals surface area contributed by atoms with E-state index < -0.39 is 0 Å². The molecule has 1 rings (SSSR count). The Morgan fingerprint density at radius 1 is 1.65 bits per heavy atom. The van der Waals surface area contributed by atoms with Gasteiger partial charge in [-0.3, -0.25) is 15.2 Å². The van der Waals surface area contributed by atoms with Crippen LogP contribution >= 0.6 is 11.8 Å². The summed E-state index contributed by atoms with van der Waals surface area (Å²) in [5, 5.41) is 0. The number of hydrazine groups is 1. The quantitative estimate of drug-likeness (QED) is 0.300. The van der Waals surface area contributed by atoms with Crippen molar-refractivity contribution in [3.05, 3.63) is 29.6 Å². The molecule has 0 fully saturated rings. The van der Waals surface area contributed by atoms with Crippen LogP contribution in [0.5, 0.6) is 0 Å². The summed E-state index contributed by atoms with van der Waals surface area (Å²) in [5.41, 5.74) is 9.07. The fraction of sp³-hybridized carbons (Fsp3) is 0.455. The molecular weight excluding hydrogens is 236 g/mol. The van der Waals surface area contributed by atoms with E-state index in [9.17, 15) is 4.79 Å². The Morgan fingerprint density at radius 2 is 2.41 bits per heavy atom. The minimum atomic E-state index is -0.305. The van der Waals surface area contributed by atoms with Gasteiger partial charge in [0.2, 0.25) is 0 Å². The van der Waals surface area contributed by atoms with Crippen molar-refractivity contribution in [3.63, 3.8) is 0 Å². The van der Waals surface area contributed by atoms with Gasteiger partial charge in [-0.05, 0) is 31.2 Å². The summed E-state index contributed by atoms with van der Waals surface area (Å²) >= 11 is 1.71. The summed E-state index contributed by atoms with van der Waals surface area (Å²) in [6.07, 6.45) is 2.63. The minimum absolute atomic E-state index is 0.207. The maximum atomic E-state index is 11.5. The number of hydrogen-bond donors (Lipinski definition) is 3. The van der Waals surface area contributed by atoms with Crippen LogP contribution in [0.15, 0.2) is 18.3 Å². The number of pyridine rings is 1. The number of amides is 1. The molecule has 0 bridgehead atoms. The van der Waals surface area contributed by atoms with Gasteiger partial charge in [-0.2, -0.15) is 11.8 Å². The first-order valence-electron chi connectivity index (χ1n) is 5.43. The standard InChI is InChI=1S/C11H18N4OS/c1-8(12)4-6-17-7-10-9(11(16)15-13)3-2-5-14-10/h2-3,5,8H,4,6-7,12-13H2,1H3,(H,15,16). The Hall–Kier alpha value is -1.11. The molecule has 1 aromatic heterocycles. The summed E-state index contributed by atoms with van der Waals surface area (Å²) in [5.74, 6) is 6.46.